The molecule has 41 heavy (non-hydrogen) atoms. The number of carbonyl (C=O) groups is 2. The lowest BCUT2D eigenvalue weighted by molar-refractivity contribution is -0.144. The van der Waals surface area contributed by atoms with Crippen LogP contribution in [0.1, 0.15) is 49.3 Å². The van der Waals surface area contributed by atoms with Crippen LogP contribution in [0.2, 0.25) is 0 Å². The number of halogens is 1. The third kappa shape index (κ3) is 6.70. The Morgan fingerprint density at radius 2 is 1.83 bits per heavy atom. The number of hydrogen-bond donors (Lipinski definition) is 0. The number of amides is 2. The van der Waals surface area contributed by atoms with E-state index in [2.05, 4.69) is 10.0 Å². The zero-order chi connectivity index (χ0) is 28.8. The third-order valence-corrected chi connectivity index (χ3v) is 8.28. The van der Waals surface area contributed by atoms with Gasteiger partial charge in [0.2, 0.25) is 5.91 Å². The zero-order valence-electron chi connectivity index (χ0n) is 23.9. The first kappa shape index (κ1) is 29.0. The lowest BCUT2D eigenvalue weighted by atomic mass is 9.97. The van der Waals surface area contributed by atoms with Gasteiger partial charge in [-0.2, -0.15) is 5.10 Å². The number of ether oxygens (including phenoxy) is 3. The Labute approximate surface area is 240 Å². The molecule has 1 atom stereocenters. The molecule has 2 aliphatic heterocycles. The highest BCUT2D eigenvalue weighted by atomic mass is 19.1. The van der Waals surface area contributed by atoms with Crippen LogP contribution >= 0.6 is 0 Å². The van der Waals surface area contributed by atoms with E-state index >= 15 is 0 Å². The molecule has 2 aromatic rings. The topological polar surface area (TPSA) is 83.9 Å². The predicted molar refractivity (Wildman–Crippen MR) is 152 cm³/mol. The molecule has 2 heterocycles. The first-order chi connectivity index (χ1) is 20.0. The highest BCUT2D eigenvalue weighted by Crippen LogP contribution is 2.39. The molecule has 2 fully saturated rings. The maximum atomic E-state index is 14.8. The fourth-order valence-electron chi connectivity index (χ4n) is 5.96. The summed E-state index contributed by atoms with van der Waals surface area (Å²) in [4.78, 5) is 31.6. The zero-order valence-corrected chi connectivity index (χ0v) is 23.9. The third-order valence-electron chi connectivity index (χ3n) is 8.28. The number of methoxy groups -OCH3 is 2. The summed E-state index contributed by atoms with van der Waals surface area (Å²) in [5, 5.41) is 6.07. The molecule has 9 nitrogen and oxygen atoms in total. The molecule has 220 valence electrons. The molecule has 0 N–H and O–H groups in total. The highest BCUT2D eigenvalue weighted by molar-refractivity contribution is 6.03. The summed E-state index contributed by atoms with van der Waals surface area (Å²) in [6.45, 7) is 3.97. The molecule has 2 amide bonds. The summed E-state index contributed by atoms with van der Waals surface area (Å²) in [6.07, 6.45) is 4.05. The van der Waals surface area contributed by atoms with E-state index in [9.17, 15) is 14.0 Å². The fraction of sp³-hybridized carbons (Fsp3) is 0.516. The molecular formula is C31H39FN4O5. The molecule has 2 aromatic carbocycles. The molecule has 0 radical (unpaired) electrons. The average Bonchev–Trinajstić information content (AvgIpc) is 3.70. The Hall–Kier alpha value is -3.50. The smallest absolute Gasteiger partial charge is 0.262 e. The first-order valence-corrected chi connectivity index (χ1v) is 14.4. The summed E-state index contributed by atoms with van der Waals surface area (Å²) in [7, 11) is 3.14. The van der Waals surface area contributed by atoms with Crippen LogP contribution in [0.25, 0.3) is 0 Å². The van der Waals surface area contributed by atoms with Crippen LogP contribution in [0.3, 0.4) is 0 Å². The van der Waals surface area contributed by atoms with Gasteiger partial charge in [-0.25, -0.2) is 9.40 Å². The second kappa shape index (κ2) is 13.4. The standard InChI is InChI=1S/C31H39FN4O5/c1-39-23-11-12-29(40-2)25(19-23)28-20-27(24-9-5-6-10-26(24)32)33-36(28)30(37)21-35(31(38)22-7-3-4-8-22)14-13-34-15-17-41-18-16-34/h5-6,9-12,19,22,28H,3-4,7-8,13-18,20-21H2,1-2H3/t28-/m0/s1. The van der Waals surface area contributed by atoms with Crippen molar-refractivity contribution in [2.45, 2.75) is 38.1 Å². The Morgan fingerprint density at radius 1 is 1.07 bits per heavy atom. The van der Waals surface area contributed by atoms with E-state index in [0.29, 0.717) is 61.1 Å². The number of carbonyl (C=O) groups excluding carboxylic acids is 2. The molecule has 3 aliphatic rings. The first-order valence-electron chi connectivity index (χ1n) is 14.4. The fourth-order valence-corrected chi connectivity index (χ4v) is 5.96. The normalized spacial score (nSPS) is 19.7. The molecule has 5 rings (SSSR count). The van der Waals surface area contributed by atoms with Crippen molar-refractivity contribution in [1.29, 1.82) is 0 Å². The lowest BCUT2D eigenvalue weighted by Gasteiger charge is -2.32. The van der Waals surface area contributed by atoms with Crippen molar-refractivity contribution in [3.05, 3.63) is 59.4 Å². The summed E-state index contributed by atoms with van der Waals surface area (Å²) in [6, 6.07) is 11.3. The molecule has 0 aromatic heterocycles. The number of hydrazone groups is 1. The Balaban J connectivity index is 1.44. The summed E-state index contributed by atoms with van der Waals surface area (Å²) in [5.41, 5.74) is 1.52. The maximum Gasteiger partial charge on any atom is 0.262 e. The van der Waals surface area contributed by atoms with Crippen LogP contribution in [0.15, 0.2) is 47.6 Å². The van der Waals surface area contributed by atoms with E-state index in [-0.39, 0.29) is 24.3 Å². The van der Waals surface area contributed by atoms with Crippen molar-refractivity contribution >= 4 is 17.5 Å². The van der Waals surface area contributed by atoms with Gasteiger partial charge in [0.1, 0.15) is 23.9 Å². The average molecular weight is 567 g/mol. The molecule has 1 aliphatic carbocycles. The Bertz CT molecular complexity index is 1260. The number of rotatable bonds is 10. The van der Waals surface area contributed by atoms with Crippen LogP contribution in [0.5, 0.6) is 11.5 Å². The molecule has 10 heteroatoms. The molecule has 1 saturated carbocycles. The molecular weight excluding hydrogens is 527 g/mol. The monoisotopic (exact) mass is 566 g/mol. The quantitative estimate of drug-likeness (QED) is 0.434. The van der Waals surface area contributed by atoms with Crippen LogP contribution in [-0.4, -0.2) is 92.5 Å². The van der Waals surface area contributed by atoms with Gasteiger partial charge in [0, 0.05) is 49.6 Å². The van der Waals surface area contributed by atoms with Crippen molar-refractivity contribution in [1.82, 2.24) is 14.8 Å². The van der Waals surface area contributed by atoms with Gasteiger partial charge in [-0.3, -0.25) is 14.5 Å². The second-order valence-electron chi connectivity index (χ2n) is 10.8. The highest BCUT2D eigenvalue weighted by Gasteiger charge is 2.38. The summed E-state index contributed by atoms with van der Waals surface area (Å²) < 4.78 is 31.4. The van der Waals surface area contributed by atoms with Crippen LogP contribution in [-0.2, 0) is 14.3 Å². The SMILES string of the molecule is COc1ccc(OC)c([C@@H]2CC(c3ccccc3F)=NN2C(=O)CN(CCN2CCOCC2)C(=O)C2CCCC2)c1. The molecule has 0 unspecified atom stereocenters. The van der Waals surface area contributed by atoms with Gasteiger partial charge in [-0.05, 0) is 37.1 Å². The molecule has 0 bridgehead atoms. The minimum absolute atomic E-state index is 0.0251. The van der Waals surface area contributed by atoms with E-state index in [1.165, 1.54) is 11.1 Å². The van der Waals surface area contributed by atoms with Crippen LogP contribution in [0.4, 0.5) is 4.39 Å². The van der Waals surface area contributed by atoms with Crippen molar-refractivity contribution in [2.24, 2.45) is 11.0 Å². The van der Waals surface area contributed by atoms with Crippen LogP contribution in [0, 0.1) is 11.7 Å². The number of benzene rings is 2. The van der Waals surface area contributed by atoms with Gasteiger partial charge in [0.25, 0.3) is 5.91 Å². The Morgan fingerprint density at radius 3 is 2.54 bits per heavy atom. The van der Waals surface area contributed by atoms with E-state index in [0.717, 1.165) is 38.8 Å². The van der Waals surface area contributed by atoms with E-state index in [1.807, 2.05) is 6.07 Å². The minimum atomic E-state index is -0.551. The van der Waals surface area contributed by atoms with Gasteiger partial charge in [-0.1, -0.05) is 31.0 Å². The van der Waals surface area contributed by atoms with E-state index in [1.54, 1.807) is 49.5 Å². The van der Waals surface area contributed by atoms with Crippen molar-refractivity contribution < 1.29 is 28.2 Å². The van der Waals surface area contributed by atoms with Crippen molar-refractivity contribution in [3.63, 3.8) is 0 Å². The van der Waals surface area contributed by atoms with E-state index in [4.69, 9.17) is 14.2 Å². The van der Waals surface area contributed by atoms with Crippen molar-refractivity contribution in [2.75, 3.05) is 60.2 Å². The molecule has 0 spiro atoms. The van der Waals surface area contributed by atoms with Gasteiger partial charge in [0.15, 0.2) is 0 Å². The van der Waals surface area contributed by atoms with Gasteiger partial charge >= 0.3 is 0 Å². The number of nitrogens with zero attached hydrogens (tertiary/aromatic N) is 4. The minimum Gasteiger partial charge on any atom is -0.497 e. The maximum absolute atomic E-state index is 14.8. The number of morpholine rings is 1. The van der Waals surface area contributed by atoms with E-state index < -0.39 is 11.9 Å². The van der Waals surface area contributed by atoms with Gasteiger partial charge < -0.3 is 19.1 Å². The van der Waals surface area contributed by atoms with Crippen LogP contribution < -0.4 is 9.47 Å². The summed E-state index contributed by atoms with van der Waals surface area (Å²) >= 11 is 0. The van der Waals surface area contributed by atoms with Crippen molar-refractivity contribution in [3.8, 4) is 11.5 Å². The Kier molecular flexibility index (Phi) is 9.51. The second-order valence-corrected chi connectivity index (χ2v) is 10.8. The number of hydrogen-bond acceptors (Lipinski definition) is 7. The molecule has 1 saturated heterocycles. The largest absolute Gasteiger partial charge is 0.497 e. The summed E-state index contributed by atoms with van der Waals surface area (Å²) in [5.74, 6) is 0.427. The predicted octanol–water partition coefficient (Wildman–Crippen LogP) is 3.87. The van der Waals surface area contributed by atoms with Gasteiger partial charge in [0.05, 0.1) is 39.2 Å². The lowest BCUT2D eigenvalue weighted by Crippen LogP contribution is -2.48. The van der Waals surface area contributed by atoms with Gasteiger partial charge in [-0.15, -0.1) is 0 Å².